The number of nitrogens with zero attached hydrogens (tertiary/aromatic N) is 1. The summed E-state index contributed by atoms with van der Waals surface area (Å²) < 4.78 is 0. The lowest BCUT2D eigenvalue weighted by atomic mass is 9.93. The van der Waals surface area contributed by atoms with Crippen LogP contribution in [-0.2, 0) is 0 Å². The van der Waals surface area contributed by atoms with Gasteiger partial charge in [-0.25, -0.2) is 0 Å². The Morgan fingerprint density at radius 2 is 1.77 bits per heavy atom. The minimum atomic E-state index is 0.734. The first-order valence-corrected chi connectivity index (χ1v) is 5.48. The van der Waals surface area contributed by atoms with Crippen LogP contribution < -0.4 is 0 Å². The molecule has 0 saturated carbocycles. The first kappa shape index (κ1) is 12.7. The van der Waals surface area contributed by atoms with Crippen LogP contribution in [0.25, 0.3) is 0 Å². The molecule has 1 nitrogen and oxygen atoms in total. The summed E-state index contributed by atoms with van der Waals surface area (Å²) in [4.78, 5) is 2.41. The van der Waals surface area contributed by atoms with Crippen LogP contribution in [-0.4, -0.2) is 25.0 Å². The maximum atomic E-state index is 2.41. The first-order valence-electron chi connectivity index (χ1n) is 5.48. The summed E-state index contributed by atoms with van der Waals surface area (Å²) in [5.41, 5.74) is 3.27. The molecule has 1 rings (SSSR count). The van der Waals surface area contributed by atoms with Gasteiger partial charge in [0.1, 0.15) is 0 Å². The minimum absolute atomic E-state index is 0.734. The van der Waals surface area contributed by atoms with Crippen LogP contribution in [0.1, 0.15) is 41.0 Å². The summed E-state index contributed by atoms with van der Waals surface area (Å²) in [6.45, 7) is 13.3. The van der Waals surface area contributed by atoms with Crippen molar-refractivity contribution in [3.8, 4) is 0 Å². The third kappa shape index (κ3) is 3.95. The molecule has 0 saturated heterocycles. The van der Waals surface area contributed by atoms with Gasteiger partial charge in [0.05, 0.1) is 0 Å². The molecule has 0 aliphatic carbocycles. The van der Waals surface area contributed by atoms with Gasteiger partial charge in [-0.15, -0.1) is 0 Å². The molecule has 0 amide bonds. The van der Waals surface area contributed by atoms with Gasteiger partial charge in [0, 0.05) is 13.1 Å². The Kier molecular flexibility index (Phi) is 6.06. The minimum Gasteiger partial charge on any atom is -0.302 e. The second kappa shape index (κ2) is 6.20. The average Bonchev–Trinajstić information content (AvgIpc) is 2.12. The number of likely N-dealkylation sites (N-methyl/N-ethyl adjacent to an activating group) is 1. The van der Waals surface area contributed by atoms with E-state index in [9.17, 15) is 0 Å². The Hall–Kier alpha value is -0.300. The van der Waals surface area contributed by atoms with E-state index in [4.69, 9.17) is 0 Å². The zero-order chi connectivity index (χ0) is 10.4. The highest BCUT2D eigenvalue weighted by molar-refractivity contribution is 5.18. The van der Waals surface area contributed by atoms with Gasteiger partial charge in [-0.05, 0) is 26.3 Å². The zero-order valence-electron chi connectivity index (χ0n) is 10.1. The Bertz CT molecular complexity index is 168. The lowest BCUT2D eigenvalue weighted by Gasteiger charge is -2.28. The van der Waals surface area contributed by atoms with Crippen LogP contribution in [0.5, 0.6) is 0 Å². The topological polar surface area (TPSA) is 3.24 Å². The second-order valence-electron chi connectivity index (χ2n) is 3.95. The monoisotopic (exact) mass is 183 g/mol. The van der Waals surface area contributed by atoms with E-state index in [1.807, 2.05) is 13.8 Å². The van der Waals surface area contributed by atoms with E-state index in [0.717, 1.165) is 5.92 Å². The van der Waals surface area contributed by atoms with Gasteiger partial charge in [-0.2, -0.15) is 0 Å². The van der Waals surface area contributed by atoms with Crippen molar-refractivity contribution in [2.24, 2.45) is 5.92 Å². The van der Waals surface area contributed by atoms with Crippen molar-refractivity contribution < 1.29 is 0 Å². The van der Waals surface area contributed by atoms with Gasteiger partial charge < -0.3 is 4.90 Å². The molecule has 0 spiro atoms. The predicted octanol–water partition coefficient (Wildman–Crippen LogP) is 3.32. The van der Waals surface area contributed by atoms with Crippen molar-refractivity contribution in [3.05, 3.63) is 11.1 Å². The number of hydrogen-bond acceptors (Lipinski definition) is 1. The van der Waals surface area contributed by atoms with E-state index >= 15 is 0 Å². The van der Waals surface area contributed by atoms with Crippen LogP contribution in [0.2, 0.25) is 0 Å². The van der Waals surface area contributed by atoms with Crippen LogP contribution in [0.3, 0.4) is 0 Å². The fourth-order valence-corrected chi connectivity index (χ4v) is 1.70. The highest BCUT2D eigenvalue weighted by Crippen LogP contribution is 2.22. The fourth-order valence-electron chi connectivity index (χ4n) is 1.70. The largest absolute Gasteiger partial charge is 0.302 e. The van der Waals surface area contributed by atoms with Crippen molar-refractivity contribution in [2.75, 3.05) is 20.1 Å². The number of hydrogen-bond donors (Lipinski definition) is 0. The molecular weight excluding hydrogens is 158 g/mol. The molecule has 13 heavy (non-hydrogen) atoms. The van der Waals surface area contributed by atoms with Gasteiger partial charge in [-0.3, -0.25) is 0 Å². The molecule has 1 aliphatic rings. The standard InChI is InChI=1S/C10H19N.C2H6/c1-8(2)10-7-11(4)6-5-9(10)3;1-2/h8H,5-7H2,1-4H3;1-2H3. The molecule has 1 heteroatoms. The highest BCUT2D eigenvalue weighted by atomic mass is 15.1. The summed E-state index contributed by atoms with van der Waals surface area (Å²) in [7, 11) is 2.20. The molecule has 0 radical (unpaired) electrons. The smallest absolute Gasteiger partial charge is 0.0195 e. The summed E-state index contributed by atoms with van der Waals surface area (Å²) in [5, 5.41) is 0. The van der Waals surface area contributed by atoms with Gasteiger partial charge in [-0.1, -0.05) is 38.8 Å². The van der Waals surface area contributed by atoms with Gasteiger partial charge in [0.25, 0.3) is 0 Å². The zero-order valence-corrected chi connectivity index (χ0v) is 10.1. The summed E-state index contributed by atoms with van der Waals surface area (Å²) in [5.74, 6) is 0.734. The quantitative estimate of drug-likeness (QED) is 0.564. The van der Waals surface area contributed by atoms with Crippen molar-refractivity contribution >= 4 is 0 Å². The molecule has 78 valence electrons. The normalized spacial score (nSPS) is 18.7. The van der Waals surface area contributed by atoms with Gasteiger partial charge >= 0.3 is 0 Å². The Morgan fingerprint density at radius 1 is 1.23 bits per heavy atom. The Morgan fingerprint density at radius 3 is 2.15 bits per heavy atom. The lowest BCUT2D eigenvalue weighted by molar-refractivity contribution is 0.334. The van der Waals surface area contributed by atoms with Gasteiger partial charge in [0.15, 0.2) is 0 Å². The lowest BCUT2D eigenvalue weighted by Crippen LogP contribution is -2.29. The maximum Gasteiger partial charge on any atom is 0.0195 e. The molecule has 0 aromatic carbocycles. The Balaban J connectivity index is 0.000000671. The van der Waals surface area contributed by atoms with Crippen LogP contribution >= 0.6 is 0 Å². The Labute approximate surface area is 83.8 Å². The van der Waals surface area contributed by atoms with Crippen LogP contribution in [0.4, 0.5) is 0 Å². The molecular formula is C12H25N. The predicted molar refractivity (Wildman–Crippen MR) is 61.0 cm³/mol. The van der Waals surface area contributed by atoms with Crippen LogP contribution in [0.15, 0.2) is 11.1 Å². The fraction of sp³-hybridized carbons (Fsp3) is 0.833. The van der Waals surface area contributed by atoms with Crippen molar-refractivity contribution in [1.82, 2.24) is 4.90 Å². The third-order valence-corrected chi connectivity index (χ3v) is 2.55. The summed E-state index contributed by atoms with van der Waals surface area (Å²) in [6, 6.07) is 0. The highest BCUT2D eigenvalue weighted by Gasteiger charge is 2.14. The molecule has 0 atom stereocenters. The molecule has 0 bridgehead atoms. The summed E-state index contributed by atoms with van der Waals surface area (Å²) in [6.07, 6.45) is 1.27. The van der Waals surface area contributed by atoms with Gasteiger partial charge in [0.2, 0.25) is 0 Å². The van der Waals surface area contributed by atoms with Crippen molar-refractivity contribution in [3.63, 3.8) is 0 Å². The summed E-state index contributed by atoms with van der Waals surface area (Å²) >= 11 is 0. The van der Waals surface area contributed by atoms with E-state index in [1.54, 1.807) is 11.1 Å². The second-order valence-corrected chi connectivity index (χ2v) is 3.95. The average molecular weight is 183 g/mol. The molecule has 0 fully saturated rings. The third-order valence-electron chi connectivity index (χ3n) is 2.55. The molecule has 0 aromatic heterocycles. The van der Waals surface area contributed by atoms with E-state index in [-0.39, 0.29) is 0 Å². The SMILES string of the molecule is CC.CC1=C(C(C)C)CN(C)CC1. The molecule has 0 aromatic rings. The maximum absolute atomic E-state index is 2.41. The van der Waals surface area contributed by atoms with E-state index in [2.05, 4.69) is 32.7 Å². The van der Waals surface area contributed by atoms with E-state index < -0.39 is 0 Å². The van der Waals surface area contributed by atoms with E-state index in [0.29, 0.717) is 0 Å². The first-order chi connectivity index (χ1) is 6.11. The molecule has 1 aliphatic heterocycles. The molecule has 0 N–H and O–H groups in total. The number of rotatable bonds is 1. The van der Waals surface area contributed by atoms with Crippen LogP contribution in [0, 0.1) is 5.92 Å². The molecule has 1 heterocycles. The molecule has 0 unspecified atom stereocenters. The van der Waals surface area contributed by atoms with Crippen molar-refractivity contribution in [1.29, 1.82) is 0 Å². The van der Waals surface area contributed by atoms with E-state index in [1.165, 1.54) is 19.5 Å². The van der Waals surface area contributed by atoms with Crippen molar-refractivity contribution in [2.45, 2.75) is 41.0 Å².